The van der Waals surface area contributed by atoms with Crippen LogP contribution in [0.3, 0.4) is 0 Å². The SMILES string of the molecule is Cc1cc(-c2ccc(S(O)(O)N3CCC3)cc2)cnc(=N)c1-c1nnc(-c2ccccc2)o1. The molecule has 168 valence electrons. The van der Waals surface area contributed by atoms with Crippen LogP contribution in [0.15, 0.2) is 76.2 Å². The van der Waals surface area contributed by atoms with Crippen molar-refractivity contribution < 1.29 is 13.5 Å². The van der Waals surface area contributed by atoms with Crippen molar-refractivity contribution in [3.63, 3.8) is 0 Å². The maximum atomic E-state index is 10.5. The van der Waals surface area contributed by atoms with Gasteiger partial charge in [0, 0.05) is 30.4 Å². The van der Waals surface area contributed by atoms with Crippen LogP contribution in [0.1, 0.15) is 12.0 Å². The molecular weight excluding hydrogens is 438 g/mol. The van der Waals surface area contributed by atoms with Crippen LogP contribution in [0.5, 0.6) is 0 Å². The number of aromatic nitrogens is 3. The summed E-state index contributed by atoms with van der Waals surface area (Å²) < 4.78 is 28.6. The lowest BCUT2D eigenvalue weighted by molar-refractivity contribution is 0.270. The molecule has 0 atom stereocenters. The molecule has 0 radical (unpaired) electrons. The molecule has 0 spiro atoms. The van der Waals surface area contributed by atoms with E-state index in [1.54, 1.807) is 22.6 Å². The molecule has 2 aromatic heterocycles. The van der Waals surface area contributed by atoms with Crippen LogP contribution in [-0.2, 0) is 0 Å². The normalized spacial score (nSPS) is 14.6. The Morgan fingerprint density at radius 1 is 0.909 bits per heavy atom. The van der Waals surface area contributed by atoms with Gasteiger partial charge in [-0.15, -0.1) is 21.0 Å². The molecular formula is C24H23N5O3S. The summed E-state index contributed by atoms with van der Waals surface area (Å²) in [6.45, 7) is 3.26. The van der Waals surface area contributed by atoms with Crippen LogP contribution >= 0.6 is 10.8 Å². The Morgan fingerprint density at radius 3 is 2.27 bits per heavy atom. The first-order chi connectivity index (χ1) is 15.9. The van der Waals surface area contributed by atoms with Crippen molar-refractivity contribution in [2.45, 2.75) is 18.2 Å². The first kappa shape index (κ1) is 21.5. The van der Waals surface area contributed by atoms with Gasteiger partial charge < -0.3 is 4.42 Å². The third-order valence-electron chi connectivity index (χ3n) is 5.67. The largest absolute Gasteiger partial charge is 0.416 e. The number of hydrogen-bond acceptors (Lipinski definition) is 8. The summed E-state index contributed by atoms with van der Waals surface area (Å²) in [5.74, 6) is 0.623. The molecule has 3 N–H and O–H groups in total. The third-order valence-corrected chi connectivity index (χ3v) is 7.66. The van der Waals surface area contributed by atoms with Crippen molar-refractivity contribution in [1.82, 2.24) is 19.5 Å². The van der Waals surface area contributed by atoms with E-state index in [9.17, 15) is 9.11 Å². The van der Waals surface area contributed by atoms with Crippen molar-refractivity contribution in [2.24, 2.45) is 0 Å². The molecule has 1 saturated heterocycles. The minimum Gasteiger partial charge on any atom is -0.416 e. The number of nitrogens with zero attached hydrogens (tertiary/aromatic N) is 4. The van der Waals surface area contributed by atoms with E-state index in [-0.39, 0.29) is 11.4 Å². The molecule has 1 aliphatic heterocycles. The third kappa shape index (κ3) is 4.07. The lowest BCUT2D eigenvalue weighted by Gasteiger charge is -2.47. The molecule has 8 nitrogen and oxygen atoms in total. The average Bonchev–Trinajstić information content (AvgIpc) is 3.20. The molecule has 0 amide bonds. The summed E-state index contributed by atoms with van der Waals surface area (Å²) >= 11 is 0. The van der Waals surface area contributed by atoms with Gasteiger partial charge in [-0.2, -0.15) is 0 Å². The molecule has 0 aliphatic carbocycles. The zero-order chi connectivity index (χ0) is 23.0. The fraction of sp³-hybridized carbons (Fsp3) is 0.167. The zero-order valence-corrected chi connectivity index (χ0v) is 18.8. The number of rotatable bonds is 5. The Hall–Kier alpha value is -3.37. The zero-order valence-electron chi connectivity index (χ0n) is 18.0. The van der Waals surface area contributed by atoms with Crippen molar-refractivity contribution in [3.05, 3.63) is 77.9 Å². The fourth-order valence-corrected chi connectivity index (χ4v) is 5.27. The lowest BCUT2D eigenvalue weighted by atomic mass is 10.1. The fourth-order valence-electron chi connectivity index (χ4n) is 3.70. The molecule has 0 unspecified atom stereocenters. The van der Waals surface area contributed by atoms with Crippen LogP contribution in [-0.4, -0.2) is 41.7 Å². The van der Waals surface area contributed by atoms with Gasteiger partial charge in [-0.25, -0.2) is 9.29 Å². The van der Waals surface area contributed by atoms with E-state index in [0.29, 0.717) is 29.4 Å². The molecule has 5 rings (SSSR count). The van der Waals surface area contributed by atoms with E-state index in [0.717, 1.165) is 28.7 Å². The van der Waals surface area contributed by atoms with Gasteiger partial charge in [0.15, 0.2) is 5.49 Å². The maximum absolute atomic E-state index is 10.5. The molecule has 4 aromatic rings. The standard InChI is InChI=1S/C24H23N5O3S/c1-16-14-19(17-8-10-20(11-9-17)33(30,31)29-12-5-13-29)15-26-22(25)21(16)24-28-27-23(32-24)18-6-3-2-4-7-18/h2-4,6-11,14-15,25,30-31H,5,12-13H2,1H3. The van der Waals surface area contributed by atoms with Gasteiger partial charge in [0.2, 0.25) is 5.89 Å². The summed E-state index contributed by atoms with van der Waals surface area (Å²) in [7, 11) is -2.93. The predicted octanol–water partition coefficient (Wildman–Crippen LogP) is 4.98. The number of nitrogens with one attached hydrogen (secondary N) is 1. The van der Waals surface area contributed by atoms with E-state index < -0.39 is 10.8 Å². The lowest BCUT2D eigenvalue weighted by Crippen LogP contribution is -2.39. The minimum atomic E-state index is -2.93. The Morgan fingerprint density at radius 2 is 1.61 bits per heavy atom. The second-order valence-electron chi connectivity index (χ2n) is 7.87. The topological polar surface area (TPSA) is 119 Å². The Kier molecular flexibility index (Phi) is 5.55. The summed E-state index contributed by atoms with van der Waals surface area (Å²) in [6, 6.07) is 18.5. The van der Waals surface area contributed by atoms with E-state index in [4.69, 9.17) is 9.83 Å². The smallest absolute Gasteiger partial charge is 0.252 e. The highest BCUT2D eigenvalue weighted by Crippen LogP contribution is 2.53. The Bertz CT molecular complexity index is 1350. The van der Waals surface area contributed by atoms with E-state index >= 15 is 0 Å². The van der Waals surface area contributed by atoms with Crippen molar-refractivity contribution in [3.8, 4) is 34.0 Å². The Balaban J connectivity index is 1.48. The minimum absolute atomic E-state index is 0.0330. The van der Waals surface area contributed by atoms with Gasteiger partial charge in [0.1, 0.15) is 0 Å². The predicted molar refractivity (Wildman–Crippen MR) is 126 cm³/mol. The van der Waals surface area contributed by atoms with E-state index in [2.05, 4.69) is 15.2 Å². The second kappa shape index (κ2) is 8.53. The number of hydrogen-bond donors (Lipinski definition) is 3. The molecule has 9 heteroatoms. The molecule has 0 bridgehead atoms. The number of benzene rings is 2. The van der Waals surface area contributed by atoms with Gasteiger partial charge in [0.05, 0.1) is 10.5 Å². The molecule has 2 aromatic carbocycles. The van der Waals surface area contributed by atoms with Gasteiger partial charge in [0.25, 0.3) is 5.89 Å². The molecule has 3 heterocycles. The van der Waals surface area contributed by atoms with Crippen LogP contribution in [0, 0.1) is 12.3 Å². The summed E-state index contributed by atoms with van der Waals surface area (Å²) in [4.78, 5) is 4.79. The van der Waals surface area contributed by atoms with Crippen LogP contribution < -0.4 is 5.49 Å². The molecule has 0 saturated carbocycles. The quantitative estimate of drug-likeness (QED) is 0.383. The summed E-state index contributed by atoms with van der Waals surface area (Å²) in [5.41, 5.74) is 3.72. The first-order valence-corrected chi connectivity index (χ1v) is 12.0. The van der Waals surface area contributed by atoms with E-state index in [1.165, 1.54) is 0 Å². The summed E-state index contributed by atoms with van der Waals surface area (Å²) in [5, 5.41) is 16.7. The molecule has 1 fully saturated rings. The van der Waals surface area contributed by atoms with Crippen molar-refractivity contribution >= 4 is 10.8 Å². The van der Waals surface area contributed by atoms with Gasteiger partial charge >= 0.3 is 0 Å². The second-order valence-corrected chi connectivity index (χ2v) is 9.89. The highest BCUT2D eigenvalue weighted by molar-refractivity contribution is 8.22. The summed E-state index contributed by atoms with van der Waals surface area (Å²) in [6.07, 6.45) is 2.60. The van der Waals surface area contributed by atoms with Gasteiger partial charge in [-0.3, -0.25) is 14.5 Å². The Labute approximate surface area is 192 Å². The number of aryl methyl sites for hydroxylation is 1. The van der Waals surface area contributed by atoms with Crippen LogP contribution in [0.4, 0.5) is 0 Å². The van der Waals surface area contributed by atoms with Gasteiger partial charge in [-0.1, -0.05) is 30.3 Å². The van der Waals surface area contributed by atoms with Crippen LogP contribution in [0.25, 0.3) is 34.0 Å². The van der Waals surface area contributed by atoms with Crippen LogP contribution in [0.2, 0.25) is 0 Å². The van der Waals surface area contributed by atoms with Crippen molar-refractivity contribution in [1.29, 1.82) is 5.41 Å². The van der Waals surface area contributed by atoms with E-state index in [1.807, 2.05) is 55.5 Å². The molecule has 33 heavy (non-hydrogen) atoms. The first-order valence-electron chi connectivity index (χ1n) is 10.5. The maximum Gasteiger partial charge on any atom is 0.252 e. The molecule has 1 aliphatic rings. The average molecular weight is 462 g/mol. The highest BCUT2D eigenvalue weighted by atomic mass is 32.3. The monoisotopic (exact) mass is 461 g/mol. The van der Waals surface area contributed by atoms with Crippen molar-refractivity contribution in [2.75, 3.05) is 13.1 Å². The highest BCUT2D eigenvalue weighted by Gasteiger charge is 2.29. The van der Waals surface area contributed by atoms with Gasteiger partial charge in [-0.05, 0) is 54.8 Å².